The van der Waals surface area contributed by atoms with Gasteiger partial charge in [-0.1, -0.05) is 13.3 Å². The third kappa shape index (κ3) is 3.72. The van der Waals surface area contributed by atoms with Gasteiger partial charge in [-0.2, -0.15) is 0 Å². The fraction of sp³-hybridized carbons (Fsp3) is 0.417. The molecule has 1 N–H and O–H groups in total. The number of carbonyl (C=O) groups is 1. The molecule has 0 aliphatic heterocycles. The predicted octanol–water partition coefficient (Wildman–Crippen LogP) is 2.04. The number of rotatable bonds is 6. The Bertz CT molecular complexity index is 303. The number of aliphatic hydroxyl groups is 1. The highest BCUT2D eigenvalue weighted by Gasteiger charge is 2.03. The van der Waals surface area contributed by atoms with Gasteiger partial charge < -0.3 is 9.84 Å². The largest absolute Gasteiger partial charge is 0.494 e. The van der Waals surface area contributed by atoms with Gasteiger partial charge in [0.2, 0.25) is 0 Å². The first-order valence-electron chi connectivity index (χ1n) is 5.15. The number of ether oxygens (including phenoxy) is 1. The van der Waals surface area contributed by atoms with Gasteiger partial charge in [0.15, 0.2) is 5.78 Å². The lowest BCUT2D eigenvalue weighted by Gasteiger charge is -2.05. The molecule has 0 saturated carbocycles. The molecule has 82 valence electrons. The van der Waals surface area contributed by atoms with E-state index in [-0.39, 0.29) is 5.78 Å². The maximum absolute atomic E-state index is 11.1. The highest BCUT2D eigenvalue weighted by molar-refractivity contribution is 5.96. The van der Waals surface area contributed by atoms with Gasteiger partial charge in [0.1, 0.15) is 12.4 Å². The topological polar surface area (TPSA) is 46.5 Å². The zero-order valence-corrected chi connectivity index (χ0v) is 8.90. The number of hydrogen-bond donors (Lipinski definition) is 1. The van der Waals surface area contributed by atoms with Crippen molar-refractivity contribution >= 4 is 5.78 Å². The van der Waals surface area contributed by atoms with Crippen LogP contribution in [-0.4, -0.2) is 24.1 Å². The molecule has 1 aromatic carbocycles. The summed E-state index contributed by atoms with van der Waals surface area (Å²) >= 11 is 0. The van der Waals surface area contributed by atoms with Gasteiger partial charge >= 0.3 is 0 Å². The Morgan fingerprint density at radius 2 is 2.00 bits per heavy atom. The summed E-state index contributed by atoms with van der Waals surface area (Å²) in [7, 11) is 0. The van der Waals surface area contributed by atoms with E-state index in [0.29, 0.717) is 12.2 Å². The molecule has 15 heavy (non-hydrogen) atoms. The summed E-state index contributed by atoms with van der Waals surface area (Å²) in [5, 5.41) is 8.65. The molecular formula is C12H16O3. The normalized spacial score (nSPS) is 10.0. The van der Waals surface area contributed by atoms with E-state index in [4.69, 9.17) is 9.84 Å². The smallest absolute Gasteiger partial charge is 0.188 e. The number of benzene rings is 1. The monoisotopic (exact) mass is 208 g/mol. The predicted molar refractivity (Wildman–Crippen MR) is 58.3 cm³/mol. The van der Waals surface area contributed by atoms with E-state index >= 15 is 0 Å². The van der Waals surface area contributed by atoms with Gasteiger partial charge in [-0.15, -0.1) is 0 Å². The second-order valence-electron chi connectivity index (χ2n) is 3.31. The molecule has 3 nitrogen and oxygen atoms in total. The summed E-state index contributed by atoms with van der Waals surface area (Å²) in [6.07, 6.45) is 2.12. The average molecular weight is 208 g/mol. The van der Waals surface area contributed by atoms with Crippen LogP contribution in [0.4, 0.5) is 0 Å². The van der Waals surface area contributed by atoms with Gasteiger partial charge in [0.25, 0.3) is 0 Å². The van der Waals surface area contributed by atoms with Crippen LogP contribution in [0.2, 0.25) is 0 Å². The van der Waals surface area contributed by atoms with Gasteiger partial charge in [-0.3, -0.25) is 4.79 Å². The molecule has 1 rings (SSSR count). The van der Waals surface area contributed by atoms with E-state index in [2.05, 4.69) is 6.92 Å². The minimum atomic E-state index is -0.448. The lowest BCUT2D eigenvalue weighted by atomic mass is 10.1. The molecule has 0 radical (unpaired) electrons. The number of carbonyl (C=O) groups excluding carboxylic acids is 1. The fourth-order valence-electron chi connectivity index (χ4n) is 1.16. The van der Waals surface area contributed by atoms with Crippen LogP contribution in [0.1, 0.15) is 30.1 Å². The van der Waals surface area contributed by atoms with Crippen molar-refractivity contribution in [3.8, 4) is 5.75 Å². The number of hydrogen-bond acceptors (Lipinski definition) is 3. The Kier molecular flexibility index (Phi) is 4.84. The van der Waals surface area contributed by atoms with Gasteiger partial charge in [0.05, 0.1) is 6.61 Å². The van der Waals surface area contributed by atoms with Gasteiger partial charge in [-0.25, -0.2) is 0 Å². The summed E-state index contributed by atoms with van der Waals surface area (Å²) in [6, 6.07) is 6.83. The standard InChI is InChI=1S/C12H16O3/c1-2-3-8-15-11-6-4-10(5-7-11)12(14)9-13/h4-7,13H,2-3,8-9H2,1H3. The SMILES string of the molecule is CCCCOc1ccc(C(=O)CO)cc1. The summed E-state index contributed by atoms with van der Waals surface area (Å²) in [5.74, 6) is 0.494. The first-order valence-corrected chi connectivity index (χ1v) is 5.15. The van der Waals surface area contributed by atoms with Crippen molar-refractivity contribution in [3.05, 3.63) is 29.8 Å². The first kappa shape index (κ1) is 11.7. The molecule has 0 unspecified atom stereocenters. The van der Waals surface area contributed by atoms with E-state index in [0.717, 1.165) is 18.6 Å². The summed E-state index contributed by atoms with van der Waals surface area (Å²) in [4.78, 5) is 11.1. The lowest BCUT2D eigenvalue weighted by molar-refractivity contribution is 0.0903. The maximum atomic E-state index is 11.1. The number of Topliss-reactive ketones (excluding diaryl/α,β-unsaturated/α-hetero) is 1. The van der Waals surface area contributed by atoms with Crippen LogP contribution in [0.3, 0.4) is 0 Å². The van der Waals surface area contributed by atoms with E-state index < -0.39 is 6.61 Å². The van der Waals surface area contributed by atoms with E-state index in [1.807, 2.05) is 0 Å². The van der Waals surface area contributed by atoms with Crippen LogP contribution in [0.15, 0.2) is 24.3 Å². The van der Waals surface area contributed by atoms with Crippen molar-refractivity contribution in [3.63, 3.8) is 0 Å². The molecule has 0 bridgehead atoms. The molecule has 0 aliphatic carbocycles. The first-order chi connectivity index (χ1) is 7.27. The molecular weight excluding hydrogens is 192 g/mol. The minimum Gasteiger partial charge on any atom is -0.494 e. The van der Waals surface area contributed by atoms with Crippen molar-refractivity contribution in [2.24, 2.45) is 0 Å². The molecule has 3 heteroatoms. The molecule has 0 fully saturated rings. The van der Waals surface area contributed by atoms with Crippen molar-refractivity contribution in [2.45, 2.75) is 19.8 Å². The number of ketones is 1. The van der Waals surface area contributed by atoms with Crippen LogP contribution < -0.4 is 4.74 Å². The quantitative estimate of drug-likeness (QED) is 0.575. The van der Waals surface area contributed by atoms with Crippen LogP contribution in [-0.2, 0) is 0 Å². The lowest BCUT2D eigenvalue weighted by Crippen LogP contribution is -2.04. The van der Waals surface area contributed by atoms with Crippen molar-refractivity contribution in [1.82, 2.24) is 0 Å². The Labute approximate surface area is 89.7 Å². The molecule has 0 aromatic heterocycles. The van der Waals surface area contributed by atoms with E-state index in [1.165, 1.54) is 0 Å². The van der Waals surface area contributed by atoms with Crippen LogP contribution in [0.25, 0.3) is 0 Å². The van der Waals surface area contributed by atoms with Crippen molar-refractivity contribution in [2.75, 3.05) is 13.2 Å². The summed E-state index contributed by atoms with van der Waals surface area (Å²) in [5.41, 5.74) is 0.514. The minimum absolute atomic E-state index is 0.268. The number of aliphatic hydroxyl groups excluding tert-OH is 1. The molecule has 0 saturated heterocycles. The molecule has 0 amide bonds. The second-order valence-corrected chi connectivity index (χ2v) is 3.31. The molecule has 1 aromatic rings. The van der Waals surface area contributed by atoms with Gasteiger partial charge in [-0.05, 0) is 30.7 Å². The maximum Gasteiger partial charge on any atom is 0.188 e. The van der Waals surface area contributed by atoms with E-state index in [1.54, 1.807) is 24.3 Å². The Balaban J connectivity index is 2.52. The van der Waals surface area contributed by atoms with Gasteiger partial charge in [0, 0.05) is 5.56 Å². The third-order valence-corrected chi connectivity index (χ3v) is 2.09. The number of unbranched alkanes of at least 4 members (excludes halogenated alkanes) is 1. The fourth-order valence-corrected chi connectivity index (χ4v) is 1.16. The Morgan fingerprint density at radius 1 is 1.33 bits per heavy atom. The zero-order chi connectivity index (χ0) is 11.1. The third-order valence-electron chi connectivity index (χ3n) is 2.09. The average Bonchev–Trinajstić information content (AvgIpc) is 2.29. The summed E-state index contributed by atoms with van der Waals surface area (Å²) < 4.78 is 5.44. The highest BCUT2D eigenvalue weighted by Crippen LogP contribution is 2.12. The van der Waals surface area contributed by atoms with Crippen LogP contribution >= 0.6 is 0 Å². The van der Waals surface area contributed by atoms with E-state index in [9.17, 15) is 4.79 Å². The molecule has 0 atom stereocenters. The second kappa shape index (κ2) is 6.19. The van der Waals surface area contributed by atoms with Crippen molar-refractivity contribution in [1.29, 1.82) is 0 Å². The molecule has 0 heterocycles. The highest BCUT2D eigenvalue weighted by atomic mass is 16.5. The zero-order valence-electron chi connectivity index (χ0n) is 8.90. The Morgan fingerprint density at radius 3 is 2.53 bits per heavy atom. The summed E-state index contributed by atoms with van der Waals surface area (Å²) in [6.45, 7) is 2.35. The van der Waals surface area contributed by atoms with Crippen LogP contribution in [0, 0.1) is 0 Å². The Hall–Kier alpha value is -1.35. The van der Waals surface area contributed by atoms with Crippen LogP contribution in [0.5, 0.6) is 5.75 Å². The van der Waals surface area contributed by atoms with Crippen molar-refractivity contribution < 1.29 is 14.6 Å². The molecule has 0 aliphatic rings. The molecule has 0 spiro atoms.